The fraction of sp³-hybridized carbons (Fsp3) is 0.455. The van der Waals surface area contributed by atoms with Crippen LogP contribution in [0.4, 0.5) is 10.1 Å². The molecular formula is C11H17ClFN5. The van der Waals surface area contributed by atoms with Crippen LogP contribution >= 0.6 is 12.4 Å². The summed E-state index contributed by atoms with van der Waals surface area (Å²) in [7, 11) is 1.90. The Labute approximate surface area is 111 Å². The molecule has 0 fully saturated rings. The number of alkyl halides is 1. The van der Waals surface area contributed by atoms with Gasteiger partial charge in [-0.3, -0.25) is 9.36 Å². The molecular weight excluding hydrogens is 257 g/mol. The molecule has 18 heavy (non-hydrogen) atoms. The lowest BCUT2D eigenvalue weighted by Gasteiger charge is -2.04. The summed E-state index contributed by atoms with van der Waals surface area (Å²) < 4.78 is 15.6. The number of hydrogen-bond donors (Lipinski definition) is 1. The SMILES string of the molecule is Cc1nn(CCF)cc1NCc1ccnn1C.Cl. The molecule has 0 aromatic carbocycles. The van der Waals surface area contributed by atoms with Gasteiger partial charge in [-0.1, -0.05) is 0 Å². The van der Waals surface area contributed by atoms with Crippen molar-refractivity contribution in [2.24, 2.45) is 7.05 Å². The van der Waals surface area contributed by atoms with E-state index in [0.29, 0.717) is 13.1 Å². The predicted octanol–water partition coefficient (Wildman–Crippen LogP) is 1.93. The Kier molecular flexibility index (Phi) is 5.15. The molecule has 0 saturated carbocycles. The number of nitrogens with one attached hydrogen (secondary N) is 1. The Morgan fingerprint density at radius 1 is 1.44 bits per heavy atom. The van der Waals surface area contributed by atoms with Crippen LogP contribution in [-0.2, 0) is 20.1 Å². The topological polar surface area (TPSA) is 47.7 Å². The van der Waals surface area contributed by atoms with E-state index in [1.54, 1.807) is 10.9 Å². The zero-order valence-corrected chi connectivity index (χ0v) is 11.2. The van der Waals surface area contributed by atoms with Crippen LogP contribution in [0.25, 0.3) is 0 Å². The maximum atomic E-state index is 12.2. The summed E-state index contributed by atoms with van der Waals surface area (Å²) in [5.74, 6) is 0. The largest absolute Gasteiger partial charge is 0.377 e. The second-order valence-corrected chi connectivity index (χ2v) is 3.88. The summed E-state index contributed by atoms with van der Waals surface area (Å²) in [6, 6.07) is 1.95. The smallest absolute Gasteiger partial charge is 0.109 e. The van der Waals surface area contributed by atoms with Crippen molar-refractivity contribution in [2.45, 2.75) is 20.0 Å². The van der Waals surface area contributed by atoms with Crippen LogP contribution < -0.4 is 5.32 Å². The molecule has 0 aliphatic rings. The lowest BCUT2D eigenvalue weighted by molar-refractivity contribution is 0.426. The second-order valence-electron chi connectivity index (χ2n) is 3.88. The highest BCUT2D eigenvalue weighted by molar-refractivity contribution is 5.85. The molecule has 0 aliphatic carbocycles. The van der Waals surface area contributed by atoms with E-state index in [2.05, 4.69) is 15.5 Å². The third kappa shape index (κ3) is 3.22. The Balaban J connectivity index is 0.00000162. The van der Waals surface area contributed by atoms with Crippen LogP contribution in [0.1, 0.15) is 11.4 Å². The summed E-state index contributed by atoms with van der Waals surface area (Å²) in [5.41, 5.74) is 2.89. The molecule has 2 rings (SSSR count). The first kappa shape index (κ1) is 14.5. The van der Waals surface area contributed by atoms with Crippen molar-refractivity contribution in [3.05, 3.63) is 29.8 Å². The van der Waals surface area contributed by atoms with Gasteiger partial charge in [-0.2, -0.15) is 10.2 Å². The highest BCUT2D eigenvalue weighted by atomic mass is 35.5. The number of halogens is 2. The fourth-order valence-electron chi connectivity index (χ4n) is 1.65. The molecule has 0 saturated heterocycles. The molecule has 0 unspecified atom stereocenters. The first-order valence-electron chi connectivity index (χ1n) is 5.51. The average molecular weight is 274 g/mol. The third-order valence-corrected chi connectivity index (χ3v) is 2.64. The average Bonchev–Trinajstić information content (AvgIpc) is 2.83. The van der Waals surface area contributed by atoms with Gasteiger partial charge in [-0.25, -0.2) is 4.39 Å². The zero-order chi connectivity index (χ0) is 12.3. The number of aromatic nitrogens is 4. The fourth-order valence-corrected chi connectivity index (χ4v) is 1.65. The van der Waals surface area contributed by atoms with Gasteiger partial charge in [0.15, 0.2) is 0 Å². The van der Waals surface area contributed by atoms with Gasteiger partial charge in [0.05, 0.1) is 30.2 Å². The van der Waals surface area contributed by atoms with E-state index in [4.69, 9.17) is 0 Å². The molecule has 0 aliphatic heterocycles. The summed E-state index contributed by atoms with van der Waals surface area (Å²) in [6.07, 6.45) is 3.58. The molecule has 2 heterocycles. The van der Waals surface area contributed by atoms with Gasteiger partial charge < -0.3 is 5.32 Å². The Hall–Kier alpha value is -1.56. The van der Waals surface area contributed by atoms with Gasteiger partial charge in [0, 0.05) is 19.4 Å². The molecule has 100 valence electrons. The quantitative estimate of drug-likeness (QED) is 0.906. The molecule has 0 atom stereocenters. The molecule has 0 radical (unpaired) electrons. The van der Waals surface area contributed by atoms with Gasteiger partial charge in [0.25, 0.3) is 0 Å². The van der Waals surface area contributed by atoms with Crippen LogP contribution in [0.2, 0.25) is 0 Å². The van der Waals surface area contributed by atoms with Crippen LogP contribution in [0.15, 0.2) is 18.5 Å². The van der Waals surface area contributed by atoms with Crippen molar-refractivity contribution >= 4 is 18.1 Å². The van der Waals surface area contributed by atoms with E-state index >= 15 is 0 Å². The van der Waals surface area contributed by atoms with Gasteiger partial charge >= 0.3 is 0 Å². The van der Waals surface area contributed by atoms with E-state index < -0.39 is 6.67 Å². The molecule has 5 nitrogen and oxygen atoms in total. The Bertz CT molecular complexity index is 493. The Morgan fingerprint density at radius 2 is 2.22 bits per heavy atom. The van der Waals surface area contributed by atoms with Crippen molar-refractivity contribution in [1.82, 2.24) is 19.6 Å². The molecule has 0 spiro atoms. The number of aryl methyl sites for hydroxylation is 3. The lowest BCUT2D eigenvalue weighted by Crippen LogP contribution is -2.05. The van der Waals surface area contributed by atoms with Crippen molar-refractivity contribution in [3.63, 3.8) is 0 Å². The number of rotatable bonds is 5. The summed E-state index contributed by atoms with van der Waals surface area (Å²) >= 11 is 0. The number of anilines is 1. The van der Waals surface area contributed by atoms with Crippen molar-refractivity contribution in [3.8, 4) is 0 Å². The van der Waals surface area contributed by atoms with Crippen LogP contribution in [0.3, 0.4) is 0 Å². The van der Waals surface area contributed by atoms with E-state index in [0.717, 1.165) is 17.1 Å². The van der Waals surface area contributed by atoms with E-state index in [-0.39, 0.29) is 12.4 Å². The van der Waals surface area contributed by atoms with E-state index in [9.17, 15) is 4.39 Å². The van der Waals surface area contributed by atoms with Crippen LogP contribution in [0.5, 0.6) is 0 Å². The minimum absolute atomic E-state index is 0. The van der Waals surface area contributed by atoms with Gasteiger partial charge in [-0.05, 0) is 13.0 Å². The third-order valence-electron chi connectivity index (χ3n) is 2.64. The van der Waals surface area contributed by atoms with Gasteiger partial charge in [0.1, 0.15) is 6.67 Å². The minimum Gasteiger partial charge on any atom is -0.377 e. The highest BCUT2D eigenvalue weighted by Crippen LogP contribution is 2.13. The summed E-state index contributed by atoms with van der Waals surface area (Å²) in [5, 5.41) is 11.6. The number of nitrogens with zero attached hydrogens (tertiary/aromatic N) is 4. The van der Waals surface area contributed by atoms with Gasteiger partial charge in [-0.15, -0.1) is 12.4 Å². The monoisotopic (exact) mass is 273 g/mol. The first-order valence-corrected chi connectivity index (χ1v) is 5.51. The first-order chi connectivity index (χ1) is 8.20. The van der Waals surface area contributed by atoms with Crippen molar-refractivity contribution < 1.29 is 4.39 Å². The van der Waals surface area contributed by atoms with Gasteiger partial charge in [0.2, 0.25) is 0 Å². The highest BCUT2D eigenvalue weighted by Gasteiger charge is 2.05. The summed E-state index contributed by atoms with van der Waals surface area (Å²) in [4.78, 5) is 0. The van der Waals surface area contributed by atoms with E-state index in [1.165, 1.54) is 0 Å². The molecule has 2 aromatic rings. The second kappa shape index (κ2) is 6.39. The maximum absolute atomic E-state index is 12.2. The van der Waals surface area contributed by atoms with Crippen molar-refractivity contribution in [1.29, 1.82) is 0 Å². The lowest BCUT2D eigenvalue weighted by atomic mass is 10.3. The predicted molar refractivity (Wildman–Crippen MR) is 70.7 cm³/mol. The normalized spacial score (nSPS) is 10.2. The van der Waals surface area contributed by atoms with E-state index in [1.807, 2.05) is 30.9 Å². The van der Waals surface area contributed by atoms with Crippen LogP contribution in [-0.4, -0.2) is 26.2 Å². The standard InChI is InChI=1S/C11H16FN5.ClH/c1-9-11(8-17(15-9)6-4-12)13-7-10-3-5-14-16(10)2;/h3,5,8,13H,4,6-7H2,1-2H3;1H. The minimum atomic E-state index is -0.401. The zero-order valence-electron chi connectivity index (χ0n) is 10.4. The molecule has 7 heteroatoms. The number of hydrogen-bond acceptors (Lipinski definition) is 3. The van der Waals surface area contributed by atoms with Crippen molar-refractivity contribution in [2.75, 3.05) is 12.0 Å². The molecule has 1 N–H and O–H groups in total. The Morgan fingerprint density at radius 3 is 2.83 bits per heavy atom. The molecule has 0 bridgehead atoms. The van der Waals surface area contributed by atoms with Crippen LogP contribution in [0, 0.1) is 6.92 Å². The maximum Gasteiger partial charge on any atom is 0.109 e. The summed E-state index contributed by atoms with van der Waals surface area (Å²) in [6.45, 7) is 2.48. The molecule has 2 aromatic heterocycles. The molecule has 0 amide bonds.